The highest BCUT2D eigenvalue weighted by Crippen LogP contribution is 2.42. The van der Waals surface area contributed by atoms with Gasteiger partial charge in [0.1, 0.15) is 18.1 Å². The van der Waals surface area contributed by atoms with E-state index in [0.29, 0.717) is 85.6 Å². The van der Waals surface area contributed by atoms with Crippen molar-refractivity contribution in [1.29, 1.82) is 0 Å². The fraction of sp³-hybridized carbons (Fsp3) is 0.441. The lowest BCUT2D eigenvalue weighted by molar-refractivity contribution is 0.122. The highest BCUT2D eigenvalue weighted by atomic mass is 19.1. The zero-order chi connectivity index (χ0) is 31.8. The molecule has 2 saturated heterocycles. The zero-order valence-electron chi connectivity index (χ0n) is 26.3. The standard InChI is InChI=1S/C34H40FN7O4/c1-22-21-46-34-31-27(15-28(35)32(34)39-10-12-45-13-11-39)33(43)24(19-42(22)31)18-41(17-23-7-8-37-30(14-23)44-2)26-4-3-9-40(20-26)25-5-6-29(36)38-16-25/h5-8,14-16,19,22,26H,3-4,9-13,17-18,20-21H2,1-2H3,(H2,36,38)/t22-,26-/m0/s1. The Hall–Kier alpha value is -4.42. The van der Waals surface area contributed by atoms with E-state index in [9.17, 15) is 4.79 Å². The fourth-order valence-corrected chi connectivity index (χ4v) is 6.96. The Balaban J connectivity index is 1.28. The van der Waals surface area contributed by atoms with Crippen molar-refractivity contribution in [3.63, 3.8) is 0 Å². The number of piperidine rings is 1. The number of nitrogen functional groups attached to an aromatic ring is 1. The third-order valence-electron chi connectivity index (χ3n) is 9.36. The molecule has 0 radical (unpaired) electrons. The summed E-state index contributed by atoms with van der Waals surface area (Å²) in [7, 11) is 1.61. The summed E-state index contributed by atoms with van der Waals surface area (Å²) in [5, 5.41) is 0.345. The Labute approximate surface area is 267 Å². The number of methoxy groups -OCH3 is 1. The van der Waals surface area contributed by atoms with E-state index in [0.717, 1.165) is 37.2 Å². The van der Waals surface area contributed by atoms with Gasteiger partial charge in [0.25, 0.3) is 0 Å². The molecule has 2 N–H and O–H groups in total. The second kappa shape index (κ2) is 12.8. The van der Waals surface area contributed by atoms with Gasteiger partial charge in [0.05, 0.1) is 49.2 Å². The predicted molar refractivity (Wildman–Crippen MR) is 175 cm³/mol. The summed E-state index contributed by atoms with van der Waals surface area (Å²) in [6, 6.07) is 9.25. The summed E-state index contributed by atoms with van der Waals surface area (Å²) in [6.07, 6.45) is 7.48. The van der Waals surface area contributed by atoms with E-state index in [1.165, 1.54) is 6.07 Å². The molecule has 11 nitrogen and oxygen atoms in total. The predicted octanol–water partition coefficient (Wildman–Crippen LogP) is 3.98. The van der Waals surface area contributed by atoms with Gasteiger partial charge >= 0.3 is 0 Å². The molecule has 0 spiro atoms. The number of aromatic nitrogens is 3. The number of benzene rings is 1. The summed E-state index contributed by atoms with van der Waals surface area (Å²) in [5.41, 5.74) is 9.43. The normalized spacial score (nSPS) is 19.8. The first-order chi connectivity index (χ1) is 22.4. The van der Waals surface area contributed by atoms with Crippen LogP contribution in [0.15, 0.2) is 53.7 Å². The van der Waals surface area contributed by atoms with Crippen molar-refractivity contribution >= 4 is 28.1 Å². The van der Waals surface area contributed by atoms with Crippen LogP contribution < -0.4 is 30.4 Å². The van der Waals surface area contributed by atoms with Gasteiger partial charge in [0.2, 0.25) is 5.88 Å². The summed E-state index contributed by atoms with van der Waals surface area (Å²) in [4.78, 5) is 29.5. The van der Waals surface area contributed by atoms with Crippen LogP contribution >= 0.6 is 0 Å². The molecule has 7 rings (SSSR count). The highest BCUT2D eigenvalue weighted by Gasteiger charge is 2.32. The van der Waals surface area contributed by atoms with Crippen molar-refractivity contribution in [2.24, 2.45) is 0 Å². The van der Waals surface area contributed by atoms with Crippen LogP contribution in [0.3, 0.4) is 0 Å². The molecule has 2 fully saturated rings. The molecule has 1 aromatic carbocycles. The van der Waals surface area contributed by atoms with Crippen LogP contribution in [0, 0.1) is 5.82 Å². The number of hydrogen-bond acceptors (Lipinski definition) is 10. The molecule has 3 aliphatic rings. The number of morpholine rings is 1. The molecule has 46 heavy (non-hydrogen) atoms. The smallest absolute Gasteiger partial charge is 0.213 e. The minimum atomic E-state index is -0.444. The van der Waals surface area contributed by atoms with E-state index >= 15 is 4.39 Å². The van der Waals surface area contributed by atoms with Gasteiger partial charge in [-0.25, -0.2) is 14.4 Å². The molecule has 0 amide bonds. The molecule has 2 atom stereocenters. The second-order valence-corrected chi connectivity index (χ2v) is 12.4. The number of anilines is 3. The van der Waals surface area contributed by atoms with Crippen molar-refractivity contribution in [3.05, 3.63) is 76.1 Å². The molecule has 6 heterocycles. The van der Waals surface area contributed by atoms with Gasteiger partial charge < -0.3 is 34.3 Å². The third kappa shape index (κ3) is 5.82. The average molecular weight is 630 g/mol. The van der Waals surface area contributed by atoms with Crippen molar-refractivity contribution in [3.8, 4) is 11.6 Å². The molecule has 3 aromatic heterocycles. The number of nitrogens with two attached hydrogens (primary N) is 1. The van der Waals surface area contributed by atoms with E-state index in [2.05, 4.69) is 31.3 Å². The van der Waals surface area contributed by atoms with E-state index in [4.69, 9.17) is 19.9 Å². The van der Waals surface area contributed by atoms with Gasteiger partial charge in [0, 0.05) is 69.3 Å². The number of ether oxygens (including phenoxy) is 3. The lowest BCUT2D eigenvalue weighted by Crippen LogP contribution is -2.48. The first-order valence-corrected chi connectivity index (χ1v) is 15.9. The first-order valence-electron chi connectivity index (χ1n) is 15.9. The van der Waals surface area contributed by atoms with Crippen LogP contribution in [0.4, 0.5) is 21.6 Å². The Morgan fingerprint density at radius 2 is 1.96 bits per heavy atom. The van der Waals surface area contributed by atoms with Gasteiger partial charge in [-0.1, -0.05) is 0 Å². The van der Waals surface area contributed by atoms with E-state index < -0.39 is 5.82 Å². The van der Waals surface area contributed by atoms with Crippen LogP contribution in [0.5, 0.6) is 11.6 Å². The van der Waals surface area contributed by atoms with Crippen LogP contribution in [-0.4, -0.2) is 78.6 Å². The Kier molecular flexibility index (Phi) is 8.39. The number of nitrogens with zero attached hydrogens (tertiary/aromatic N) is 6. The maximum Gasteiger partial charge on any atom is 0.213 e. The summed E-state index contributed by atoms with van der Waals surface area (Å²) in [6.45, 7) is 7.28. The largest absolute Gasteiger partial charge is 0.487 e. The van der Waals surface area contributed by atoms with Crippen LogP contribution in [0.25, 0.3) is 10.9 Å². The third-order valence-corrected chi connectivity index (χ3v) is 9.36. The fourth-order valence-electron chi connectivity index (χ4n) is 6.96. The van der Waals surface area contributed by atoms with E-state index in [1.54, 1.807) is 13.3 Å². The number of hydrogen-bond donors (Lipinski definition) is 1. The molecule has 0 aliphatic carbocycles. The molecule has 0 saturated carbocycles. The van der Waals surface area contributed by atoms with Crippen molar-refractivity contribution in [2.45, 2.75) is 44.9 Å². The van der Waals surface area contributed by atoms with E-state index in [1.807, 2.05) is 41.6 Å². The Morgan fingerprint density at radius 1 is 1.11 bits per heavy atom. The maximum absolute atomic E-state index is 15.9. The number of rotatable bonds is 8. The number of pyridine rings is 3. The summed E-state index contributed by atoms with van der Waals surface area (Å²) < 4.78 is 35.1. The highest BCUT2D eigenvalue weighted by molar-refractivity contribution is 5.92. The molecule has 0 bridgehead atoms. The zero-order valence-corrected chi connectivity index (χ0v) is 26.3. The number of halogens is 1. The maximum atomic E-state index is 15.9. The summed E-state index contributed by atoms with van der Waals surface area (Å²) >= 11 is 0. The lowest BCUT2D eigenvalue weighted by atomic mass is 10.0. The Morgan fingerprint density at radius 3 is 2.74 bits per heavy atom. The molecular weight excluding hydrogens is 589 g/mol. The quantitative estimate of drug-likeness (QED) is 0.307. The molecule has 4 aromatic rings. The minimum absolute atomic E-state index is 0.0292. The molecule has 0 unspecified atom stereocenters. The van der Waals surface area contributed by atoms with E-state index in [-0.39, 0.29) is 17.5 Å². The monoisotopic (exact) mass is 629 g/mol. The average Bonchev–Trinajstić information content (AvgIpc) is 3.08. The van der Waals surface area contributed by atoms with Crippen LogP contribution in [-0.2, 0) is 17.8 Å². The summed E-state index contributed by atoms with van der Waals surface area (Å²) in [5.74, 6) is 1.03. The SMILES string of the molecule is COc1cc(CN(Cc2cn3c4c(c(N5CCOCC5)c(F)cc4c2=O)OC[C@@H]3C)[C@H]2CCCN(c3ccc(N)nc3)C2)ccn1. The second-order valence-electron chi connectivity index (χ2n) is 12.4. The molecule has 12 heteroatoms. The molecule has 3 aliphatic heterocycles. The molecular formula is C34H40FN7O4. The minimum Gasteiger partial charge on any atom is -0.487 e. The van der Waals surface area contributed by atoms with Crippen molar-refractivity contribution in [2.75, 3.05) is 68.6 Å². The molecule has 242 valence electrons. The van der Waals surface area contributed by atoms with Gasteiger partial charge in [-0.2, -0.15) is 0 Å². The first kappa shape index (κ1) is 30.2. The van der Waals surface area contributed by atoms with Crippen LogP contribution in [0.2, 0.25) is 0 Å². The van der Waals surface area contributed by atoms with Gasteiger partial charge in [-0.05, 0) is 49.6 Å². The van der Waals surface area contributed by atoms with Crippen LogP contribution in [0.1, 0.15) is 36.9 Å². The van der Waals surface area contributed by atoms with Crippen molar-refractivity contribution < 1.29 is 18.6 Å². The van der Waals surface area contributed by atoms with Gasteiger partial charge in [0.15, 0.2) is 17.0 Å². The topological polar surface area (TPSA) is 111 Å². The van der Waals surface area contributed by atoms with Gasteiger partial charge in [-0.15, -0.1) is 0 Å². The Bertz CT molecular complexity index is 1780. The van der Waals surface area contributed by atoms with Gasteiger partial charge in [-0.3, -0.25) is 9.69 Å². The lowest BCUT2D eigenvalue weighted by Gasteiger charge is -2.40. The van der Waals surface area contributed by atoms with Crippen molar-refractivity contribution in [1.82, 2.24) is 19.4 Å².